The summed E-state index contributed by atoms with van der Waals surface area (Å²) in [6, 6.07) is 20.1. The Morgan fingerprint density at radius 2 is 1.66 bits per heavy atom. The average molecular weight is 509 g/mol. The summed E-state index contributed by atoms with van der Waals surface area (Å²) in [7, 11) is 0. The normalized spacial score (nSPS) is 13.4. The molecule has 0 fully saturated rings. The number of esters is 1. The maximum absolute atomic E-state index is 13.0. The number of anilines is 2. The molecule has 1 aliphatic heterocycles. The zero-order chi connectivity index (χ0) is 24.9. The zero-order valence-corrected chi connectivity index (χ0v) is 20.4. The van der Waals surface area contributed by atoms with Gasteiger partial charge < -0.3 is 10.1 Å². The fourth-order valence-corrected chi connectivity index (χ4v) is 3.96. The zero-order valence-electron chi connectivity index (χ0n) is 18.9. The quantitative estimate of drug-likeness (QED) is 0.218. The van der Waals surface area contributed by atoms with Crippen LogP contribution in [0.5, 0.6) is 5.75 Å². The van der Waals surface area contributed by atoms with Gasteiger partial charge in [-0.05, 0) is 73.0 Å². The Kier molecular flexibility index (Phi) is 7.54. The van der Waals surface area contributed by atoms with Gasteiger partial charge in [0.2, 0.25) is 0 Å². The predicted molar refractivity (Wildman–Crippen MR) is 137 cm³/mol. The molecule has 1 aliphatic rings. The Morgan fingerprint density at radius 3 is 2.31 bits per heavy atom. The van der Waals surface area contributed by atoms with Crippen LogP contribution in [0.2, 0.25) is 5.02 Å². The molecular weight excluding hydrogens is 487 g/mol. The Balaban J connectivity index is 1.44. The molecule has 0 spiro atoms. The fourth-order valence-electron chi connectivity index (χ4n) is 3.57. The number of aryl methyl sites for hydroxylation is 1. The molecule has 6 nitrogen and oxygen atoms in total. The van der Waals surface area contributed by atoms with Gasteiger partial charge in [-0.3, -0.25) is 9.59 Å². The van der Waals surface area contributed by atoms with Crippen LogP contribution in [0.4, 0.5) is 11.4 Å². The molecular formula is C27H22Cl2N2O4. The van der Waals surface area contributed by atoms with Crippen molar-refractivity contribution in [2.45, 2.75) is 26.2 Å². The van der Waals surface area contributed by atoms with E-state index in [9.17, 15) is 14.4 Å². The summed E-state index contributed by atoms with van der Waals surface area (Å²) in [5.41, 5.74) is 2.35. The van der Waals surface area contributed by atoms with Crippen LogP contribution in [0.1, 0.15) is 35.7 Å². The van der Waals surface area contributed by atoms with E-state index in [4.69, 9.17) is 27.9 Å². The summed E-state index contributed by atoms with van der Waals surface area (Å²) in [6.07, 6.45) is 3.09. The van der Waals surface area contributed by atoms with Crippen LogP contribution in [-0.2, 0) is 16.0 Å². The molecule has 0 aromatic heterocycles. The van der Waals surface area contributed by atoms with E-state index in [1.807, 2.05) is 12.1 Å². The van der Waals surface area contributed by atoms with E-state index in [1.54, 1.807) is 42.5 Å². The minimum Gasteiger partial charge on any atom is -0.423 e. The molecule has 0 atom stereocenters. The first-order valence-electron chi connectivity index (χ1n) is 11.1. The Labute approximate surface area is 213 Å². The highest BCUT2D eigenvalue weighted by Crippen LogP contribution is 2.30. The topological polar surface area (TPSA) is 75.7 Å². The van der Waals surface area contributed by atoms with Gasteiger partial charge in [0, 0.05) is 10.7 Å². The molecule has 1 heterocycles. The summed E-state index contributed by atoms with van der Waals surface area (Å²) in [6.45, 7) is 2.12. The van der Waals surface area contributed by atoms with Gasteiger partial charge in [-0.1, -0.05) is 54.7 Å². The number of halogens is 2. The van der Waals surface area contributed by atoms with Crippen molar-refractivity contribution in [3.63, 3.8) is 0 Å². The monoisotopic (exact) mass is 508 g/mol. The molecule has 8 heteroatoms. The van der Waals surface area contributed by atoms with E-state index >= 15 is 0 Å². The van der Waals surface area contributed by atoms with E-state index in [1.165, 1.54) is 18.2 Å². The number of nitrogens with one attached hydrogen (secondary N) is 1. The standard InChI is InChI=1S/C27H22Cl2N2O4/c1-2-3-5-17-8-14-21(15-9-17)31-25(32)23(29)24(26(31)33)30-20-12-10-18(11-13-20)27(34)35-22-7-4-6-19(28)16-22/h4,6-16,30H,2-3,5H2,1H3. The SMILES string of the molecule is CCCCc1ccc(N2C(=O)C(Cl)=C(Nc3ccc(C(=O)Oc4cccc(Cl)c4)cc3)C2=O)cc1. The average Bonchev–Trinajstić information content (AvgIpc) is 3.06. The van der Waals surface area contributed by atoms with E-state index in [-0.39, 0.29) is 10.7 Å². The first-order valence-corrected chi connectivity index (χ1v) is 11.9. The summed E-state index contributed by atoms with van der Waals surface area (Å²) >= 11 is 12.1. The van der Waals surface area contributed by atoms with Crippen molar-refractivity contribution in [3.8, 4) is 5.75 Å². The lowest BCUT2D eigenvalue weighted by Crippen LogP contribution is -2.32. The highest BCUT2D eigenvalue weighted by molar-refractivity contribution is 6.53. The second-order valence-electron chi connectivity index (χ2n) is 7.95. The van der Waals surface area contributed by atoms with Crippen molar-refractivity contribution in [3.05, 3.63) is 99.7 Å². The third-order valence-electron chi connectivity index (χ3n) is 5.44. The number of imide groups is 1. The maximum Gasteiger partial charge on any atom is 0.343 e. The van der Waals surface area contributed by atoms with Gasteiger partial charge in [0.1, 0.15) is 16.5 Å². The fraction of sp³-hybridized carbons (Fsp3) is 0.148. The van der Waals surface area contributed by atoms with Crippen LogP contribution < -0.4 is 15.0 Å². The van der Waals surface area contributed by atoms with Crippen molar-refractivity contribution in [2.75, 3.05) is 10.2 Å². The Hall–Kier alpha value is -3.61. The van der Waals surface area contributed by atoms with Crippen molar-refractivity contribution >= 4 is 52.4 Å². The van der Waals surface area contributed by atoms with Crippen molar-refractivity contribution in [1.29, 1.82) is 0 Å². The molecule has 1 N–H and O–H groups in total. The van der Waals surface area contributed by atoms with Crippen molar-refractivity contribution in [2.24, 2.45) is 0 Å². The molecule has 178 valence electrons. The number of carbonyl (C=O) groups excluding carboxylic acids is 3. The first-order chi connectivity index (χ1) is 16.9. The maximum atomic E-state index is 13.0. The molecule has 4 rings (SSSR count). The molecule has 0 saturated carbocycles. The van der Waals surface area contributed by atoms with Gasteiger partial charge >= 0.3 is 5.97 Å². The van der Waals surface area contributed by atoms with Crippen LogP contribution in [0.15, 0.2) is 83.5 Å². The van der Waals surface area contributed by atoms with Crippen LogP contribution in [-0.4, -0.2) is 17.8 Å². The molecule has 0 aliphatic carbocycles. The second-order valence-corrected chi connectivity index (χ2v) is 8.77. The molecule has 3 aromatic rings. The van der Waals surface area contributed by atoms with Gasteiger partial charge in [0.15, 0.2) is 0 Å². The highest BCUT2D eigenvalue weighted by atomic mass is 35.5. The lowest BCUT2D eigenvalue weighted by Gasteiger charge is -2.15. The summed E-state index contributed by atoms with van der Waals surface area (Å²) in [5, 5.41) is 3.16. The van der Waals surface area contributed by atoms with E-state index in [0.29, 0.717) is 27.7 Å². The number of benzene rings is 3. The minimum absolute atomic E-state index is 0.0269. The van der Waals surface area contributed by atoms with Crippen molar-refractivity contribution in [1.82, 2.24) is 0 Å². The van der Waals surface area contributed by atoms with Gasteiger partial charge in [0.05, 0.1) is 11.3 Å². The van der Waals surface area contributed by atoms with Gasteiger partial charge in [-0.15, -0.1) is 0 Å². The van der Waals surface area contributed by atoms with E-state index in [0.717, 1.165) is 29.7 Å². The largest absolute Gasteiger partial charge is 0.423 e. The lowest BCUT2D eigenvalue weighted by atomic mass is 10.1. The molecule has 35 heavy (non-hydrogen) atoms. The third kappa shape index (κ3) is 5.56. The van der Waals surface area contributed by atoms with Crippen molar-refractivity contribution < 1.29 is 19.1 Å². The summed E-state index contributed by atoms with van der Waals surface area (Å²) in [5.74, 6) is -1.38. The van der Waals surface area contributed by atoms with Gasteiger partial charge in [-0.25, -0.2) is 9.69 Å². The van der Waals surface area contributed by atoms with Crippen LogP contribution >= 0.6 is 23.2 Å². The van der Waals surface area contributed by atoms with E-state index < -0.39 is 17.8 Å². The predicted octanol–water partition coefficient (Wildman–Crippen LogP) is 6.34. The molecule has 0 saturated heterocycles. The molecule has 3 aromatic carbocycles. The third-order valence-corrected chi connectivity index (χ3v) is 6.02. The lowest BCUT2D eigenvalue weighted by molar-refractivity contribution is -0.120. The summed E-state index contributed by atoms with van der Waals surface area (Å²) in [4.78, 5) is 39.2. The Bertz CT molecular complexity index is 1300. The number of nitrogens with zero attached hydrogens (tertiary/aromatic N) is 1. The number of rotatable bonds is 8. The number of hydrogen-bond acceptors (Lipinski definition) is 5. The van der Waals surface area contributed by atoms with Crippen LogP contribution in [0, 0.1) is 0 Å². The first kappa shape index (κ1) is 24.5. The highest BCUT2D eigenvalue weighted by Gasteiger charge is 2.38. The molecule has 0 unspecified atom stereocenters. The summed E-state index contributed by atoms with van der Waals surface area (Å²) < 4.78 is 5.32. The number of hydrogen-bond donors (Lipinski definition) is 1. The number of carbonyl (C=O) groups is 3. The molecule has 2 amide bonds. The van der Waals surface area contributed by atoms with Gasteiger partial charge in [-0.2, -0.15) is 0 Å². The van der Waals surface area contributed by atoms with Gasteiger partial charge in [0.25, 0.3) is 11.8 Å². The second kappa shape index (κ2) is 10.8. The number of ether oxygens (including phenoxy) is 1. The number of unbranched alkanes of at least 4 members (excludes halogenated alkanes) is 1. The van der Waals surface area contributed by atoms with E-state index in [2.05, 4.69) is 12.2 Å². The smallest absolute Gasteiger partial charge is 0.343 e. The van der Waals surface area contributed by atoms with Crippen LogP contribution in [0.3, 0.4) is 0 Å². The van der Waals surface area contributed by atoms with Crippen LogP contribution in [0.25, 0.3) is 0 Å². The Morgan fingerprint density at radius 1 is 0.943 bits per heavy atom. The molecule has 0 radical (unpaired) electrons. The minimum atomic E-state index is -0.595. The molecule has 0 bridgehead atoms. The number of amides is 2.